The van der Waals surface area contributed by atoms with Crippen LogP contribution in [0.4, 0.5) is 11.4 Å². The Hall–Kier alpha value is -1.59. The average molecular weight is 278 g/mol. The van der Waals surface area contributed by atoms with Crippen LogP contribution in [0.2, 0.25) is 0 Å². The monoisotopic (exact) mass is 278 g/mol. The molecule has 5 nitrogen and oxygen atoms in total. The van der Waals surface area contributed by atoms with Crippen LogP contribution in [-0.2, 0) is 4.79 Å². The largest absolute Gasteiger partial charge is 0.399 e. The molecule has 0 aliphatic heterocycles. The van der Waals surface area contributed by atoms with Crippen LogP contribution in [0, 0.1) is 0 Å². The zero-order valence-corrected chi connectivity index (χ0v) is 12.9. The number of anilines is 2. The van der Waals surface area contributed by atoms with E-state index in [1.807, 2.05) is 26.2 Å². The van der Waals surface area contributed by atoms with Gasteiger partial charge in [0.15, 0.2) is 0 Å². The molecule has 0 aromatic heterocycles. The van der Waals surface area contributed by atoms with E-state index in [0.717, 1.165) is 18.8 Å². The van der Waals surface area contributed by atoms with Gasteiger partial charge in [0, 0.05) is 24.0 Å². The number of carbonyl (C=O) groups is 1. The van der Waals surface area contributed by atoms with Crippen molar-refractivity contribution < 1.29 is 4.79 Å². The van der Waals surface area contributed by atoms with Crippen LogP contribution in [0.5, 0.6) is 0 Å². The van der Waals surface area contributed by atoms with E-state index in [1.54, 1.807) is 12.1 Å². The Morgan fingerprint density at radius 1 is 1.30 bits per heavy atom. The molecule has 1 aromatic carbocycles. The smallest absolute Gasteiger partial charge is 0.238 e. The Bertz CT molecular complexity index is 416. The molecule has 0 fully saturated rings. The van der Waals surface area contributed by atoms with E-state index >= 15 is 0 Å². The number of hydrogen-bond acceptors (Lipinski definition) is 4. The Labute approximate surface area is 121 Å². The highest BCUT2D eigenvalue weighted by molar-refractivity contribution is 5.92. The topological polar surface area (TPSA) is 61.6 Å². The number of rotatable bonds is 7. The number of nitrogens with zero attached hydrogens (tertiary/aromatic N) is 2. The molecule has 0 saturated carbocycles. The minimum Gasteiger partial charge on any atom is -0.399 e. The predicted octanol–water partition coefficient (Wildman–Crippen LogP) is 1.48. The normalized spacial score (nSPS) is 12.7. The molecule has 0 saturated heterocycles. The van der Waals surface area contributed by atoms with Crippen LogP contribution in [0.15, 0.2) is 24.3 Å². The number of benzene rings is 1. The number of carbonyl (C=O) groups excluding carboxylic acids is 1. The lowest BCUT2D eigenvalue weighted by atomic mass is 10.2. The fourth-order valence-electron chi connectivity index (χ4n) is 2.17. The van der Waals surface area contributed by atoms with Crippen molar-refractivity contribution in [2.45, 2.75) is 19.9 Å². The molecular weight excluding hydrogens is 252 g/mol. The van der Waals surface area contributed by atoms with Crippen LogP contribution in [-0.4, -0.2) is 55.5 Å². The number of hydrogen-bond donors (Lipinski definition) is 2. The van der Waals surface area contributed by atoms with E-state index in [2.05, 4.69) is 29.0 Å². The van der Waals surface area contributed by atoms with Crippen LogP contribution >= 0.6 is 0 Å². The summed E-state index contributed by atoms with van der Waals surface area (Å²) in [7, 11) is 4.08. The number of likely N-dealkylation sites (N-methyl/N-ethyl adjacent to an activating group) is 2. The van der Waals surface area contributed by atoms with Gasteiger partial charge in [0.2, 0.25) is 5.91 Å². The third-order valence-corrected chi connectivity index (χ3v) is 3.20. The van der Waals surface area contributed by atoms with Crippen LogP contribution < -0.4 is 11.1 Å². The summed E-state index contributed by atoms with van der Waals surface area (Å²) in [5, 5.41) is 2.89. The second-order valence-corrected chi connectivity index (χ2v) is 5.34. The minimum atomic E-state index is 0.00206. The van der Waals surface area contributed by atoms with Crippen LogP contribution in [0.25, 0.3) is 0 Å². The van der Waals surface area contributed by atoms with Gasteiger partial charge in [-0.05, 0) is 51.8 Å². The first-order valence-electron chi connectivity index (χ1n) is 6.96. The van der Waals surface area contributed by atoms with E-state index in [1.165, 1.54) is 0 Å². The summed E-state index contributed by atoms with van der Waals surface area (Å²) in [6.07, 6.45) is 0. The molecule has 1 rings (SSSR count). The van der Waals surface area contributed by atoms with Gasteiger partial charge in [-0.25, -0.2) is 0 Å². The quantitative estimate of drug-likeness (QED) is 0.742. The fourth-order valence-corrected chi connectivity index (χ4v) is 2.17. The molecule has 1 aromatic rings. The van der Waals surface area contributed by atoms with Crippen molar-refractivity contribution in [2.75, 3.05) is 44.8 Å². The standard InChI is InChI=1S/C15H26N4O/c1-5-19(12(2)10-18(3)4)11-15(20)17-14-8-6-13(16)7-9-14/h6-9,12H,5,10-11,16H2,1-4H3,(H,17,20). The summed E-state index contributed by atoms with van der Waals surface area (Å²) in [6, 6.07) is 7.52. The first-order valence-corrected chi connectivity index (χ1v) is 6.96. The van der Waals surface area contributed by atoms with E-state index < -0.39 is 0 Å². The maximum Gasteiger partial charge on any atom is 0.238 e. The first-order chi connectivity index (χ1) is 9.42. The zero-order valence-electron chi connectivity index (χ0n) is 12.9. The molecule has 1 amide bonds. The van der Waals surface area contributed by atoms with Crippen molar-refractivity contribution >= 4 is 17.3 Å². The first kappa shape index (κ1) is 16.5. The molecule has 112 valence electrons. The third kappa shape index (κ3) is 5.59. The van der Waals surface area contributed by atoms with Crippen LogP contribution in [0.3, 0.4) is 0 Å². The molecule has 0 aliphatic rings. The summed E-state index contributed by atoms with van der Waals surface area (Å²) < 4.78 is 0. The lowest BCUT2D eigenvalue weighted by Gasteiger charge is -2.29. The molecule has 1 atom stereocenters. The summed E-state index contributed by atoms with van der Waals surface area (Å²) in [5.41, 5.74) is 7.09. The van der Waals surface area contributed by atoms with Gasteiger partial charge in [-0.15, -0.1) is 0 Å². The van der Waals surface area contributed by atoms with E-state index in [9.17, 15) is 4.79 Å². The lowest BCUT2D eigenvalue weighted by molar-refractivity contribution is -0.117. The molecule has 0 heterocycles. The second kappa shape index (κ2) is 7.87. The maximum atomic E-state index is 12.1. The molecule has 3 N–H and O–H groups in total. The summed E-state index contributed by atoms with van der Waals surface area (Å²) in [6.45, 7) is 6.39. The Morgan fingerprint density at radius 2 is 1.90 bits per heavy atom. The predicted molar refractivity (Wildman–Crippen MR) is 84.7 cm³/mol. The van der Waals surface area contributed by atoms with Crippen molar-refractivity contribution in [3.05, 3.63) is 24.3 Å². The average Bonchev–Trinajstić information content (AvgIpc) is 2.37. The zero-order chi connectivity index (χ0) is 15.1. The highest BCUT2D eigenvalue weighted by Crippen LogP contribution is 2.10. The highest BCUT2D eigenvalue weighted by atomic mass is 16.2. The van der Waals surface area contributed by atoms with Gasteiger partial charge in [-0.1, -0.05) is 6.92 Å². The molecule has 0 radical (unpaired) electrons. The molecular formula is C15H26N4O. The summed E-state index contributed by atoms with van der Waals surface area (Å²) >= 11 is 0. The lowest BCUT2D eigenvalue weighted by Crippen LogP contribution is -2.43. The summed E-state index contributed by atoms with van der Waals surface area (Å²) in [4.78, 5) is 16.3. The Kier molecular flexibility index (Phi) is 6.48. The van der Waals surface area contributed by atoms with E-state index in [-0.39, 0.29) is 5.91 Å². The van der Waals surface area contributed by atoms with Gasteiger partial charge in [-0.3, -0.25) is 9.69 Å². The van der Waals surface area contributed by atoms with Crippen LogP contribution in [0.1, 0.15) is 13.8 Å². The minimum absolute atomic E-state index is 0.00206. The Morgan fingerprint density at radius 3 is 2.40 bits per heavy atom. The van der Waals surface area contributed by atoms with Crippen molar-refractivity contribution in [2.24, 2.45) is 0 Å². The van der Waals surface area contributed by atoms with Gasteiger partial charge >= 0.3 is 0 Å². The molecule has 0 bridgehead atoms. The van der Waals surface area contributed by atoms with Crippen molar-refractivity contribution in [3.8, 4) is 0 Å². The van der Waals surface area contributed by atoms with Crippen molar-refractivity contribution in [1.29, 1.82) is 0 Å². The summed E-state index contributed by atoms with van der Waals surface area (Å²) in [5.74, 6) is 0.00206. The number of amides is 1. The second-order valence-electron chi connectivity index (χ2n) is 5.34. The van der Waals surface area contributed by atoms with Gasteiger partial charge < -0.3 is 16.0 Å². The van der Waals surface area contributed by atoms with Gasteiger partial charge in [0.05, 0.1) is 6.54 Å². The molecule has 1 unspecified atom stereocenters. The maximum absolute atomic E-state index is 12.1. The van der Waals surface area contributed by atoms with E-state index in [0.29, 0.717) is 18.3 Å². The van der Waals surface area contributed by atoms with Gasteiger partial charge in [-0.2, -0.15) is 0 Å². The molecule has 0 spiro atoms. The fraction of sp³-hybridized carbons (Fsp3) is 0.533. The number of nitrogens with two attached hydrogens (primary N) is 1. The molecule has 0 aliphatic carbocycles. The van der Waals surface area contributed by atoms with Crippen molar-refractivity contribution in [1.82, 2.24) is 9.80 Å². The van der Waals surface area contributed by atoms with Gasteiger partial charge in [0.25, 0.3) is 0 Å². The van der Waals surface area contributed by atoms with Crippen molar-refractivity contribution in [3.63, 3.8) is 0 Å². The molecule has 20 heavy (non-hydrogen) atoms. The molecule has 5 heteroatoms. The SMILES string of the molecule is CCN(CC(=O)Nc1ccc(N)cc1)C(C)CN(C)C. The van der Waals surface area contributed by atoms with Gasteiger partial charge in [0.1, 0.15) is 0 Å². The number of nitrogens with one attached hydrogen (secondary N) is 1. The Balaban J connectivity index is 2.52. The highest BCUT2D eigenvalue weighted by Gasteiger charge is 2.16. The number of nitrogen functional groups attached to an aromatic ring is 1. The third-order valence-electron chi connectivity index (χ3n) is 3.20. The van der Waals surface area contributed by atoms with E-state index in [4.69, 9.17) is 5.73 Å².